The number of aromatic nitrogens is 1. The van der Waals surface area contributed by atoms with E-state index in [9.17, 15) is 0 Å². The lowest BCUT2D eigenvalue weighted by Crippen LogP contribution is -1.99. The molecule has 0 aliphatic rings. The molecule has 0 spiro atoms. The van der Waals surface area contributed by atoms with Gasteiger partial charge in [0.05, 0.1) is 0 Å². The van der Waals surface area contributed by atoms with Gasteiger partial charge in [0.2, 0.25) is 0 Å². The standard InChI is InChI=1S/C16H13ClN2/c17-13-5-6-15(12(7-13)8-18)16-10-19-9-11-3-1-2-4-14(11)16/h1-7,9-10H,8,18H2. The highest BCUT2D eigenvalue weighted by atomic mass is 35.5. The Morgan fingerprint density at radius 3 is 2.68 bits per heavy atom. The fourth-order valence-corrected chi connectivity index (χ4v) is 2.52. The van der Waals surface area contributed by atoms with E-state index in [2.05, 4.69) is 17.1 Å². The Morgan fingerprint density at radius 1 is 1.00 bits per heavy atom. The Kier molecular flexibility index (Phi) is 3.20. The van der Waals surface area contributed by atoms with Gasteiger partial charge >= 0.3 is 0 Å². The molecule has 0 amide bonds. The lowest BCUT2D eigenvalue weighted by Gasteiger charge is -2.11. The van der Waals surface area contributed by atoms with Crippen molar-refractivity contribution >= 4 is 22.4 Å². The summed E-state index contributed by atoms with van der Waals surface area (Å²) in [4.78, 5) is 4.31. The van der Waals surface area contributed by atoms with Crippen molar-refractivity contribution in [2.75, 3.05) is 0 Å². The van der Waals surface area contributed by atoms with Crippen molar-refractivity contribution < 1.29 is 0 Å². The second kappa shape index (κ2) is 5.00. The van der Waals surface area contributed by atoms with Crippen LogP contribution in [-0.4, -0.2) is 4.98 Å². The van der Waals surface area contributed by atoms with Crippen LogP contribution < -0.4 is 5.73 Å². The summed E-state index contributed by atoms with van der Waals surface area (Å²) in [5, 5.41) is 3.00. The van der Waals surface area contributed by atoms with Gasteiger partial charge in [-0.25, -0.2) is 0 Å². The van der Waals surface area contributed by atoms with Crippen LogP contribution in [0, 0.1) is 0 Å². The summed E-state index contributed by atoms with van der Waals surface area (Å²) in [5.41, 5.74) is 9.04. The molecule has 0 saturated heterocycles. The summed E-state index contributed by atoms with van der Waals surface area (Å²) in [7, 11) is 0. The molecule has 2 nitrogen and oxygen atoms in total. The van der Waals surface area contributed by atoms with Gasteiger partial charge in [-0.15, -0.1) is 0 Å². The Morgan fingerprint density at radius 2 is 1.84 bits per heavy atom. The van der Waals surface area contributed by atoms with Gasteiger partial charge in [-0.3, -0.25) is 4.98 Å². The van der Waals surface area contributed by atoms with Gasteiger partial charge in [0.25, 0.3) is 0 Å². The molecule has 3 heteroatoms. The summed E-state index contributed by atoms with van der Waals surface area (Å²) in [6.45, 7) is 0.457. The van der Waals surface area contributed by atoms with Crippen LogP contribution in [0.1, 0.15) is 5.56 Å². The van der Waals surface area contributed by atoms with Crippen molar-refractivity contribution in [1.82, 2.24) is 4.98 Å². The Balaban J connectivity index is 2.30. The fourth-order valence-electron chi connectivity index (χ4n) is 2.33. The van der Waals surface area contributed by atoms with Gasteiger partial charge in [0, 0.05) is 34.9 Å². The van der Waals surface area contributed by atoms with Crippen molar-refractivity contribution in [3.8, 4) is 11.1 Å². The number of nitrogens with two attached hydrogens (primary N) is 1. The number of hydrogen-bond donors (Lipinski definition) is 1. The number of fused-ring (bicyclic) bond motifs is 1. The van der Waals surface area contributed by atoms with Gasteiger partial charge in [-0.05, 0) is 28.6 Å². The predicted octanol–water partition coefficient (Wildman–Crippen LogP) is 4.01. The van der Waals surface area contributed by atoms with Crippen LogP contribution in [0.25, 0.3) is 21.9 Å². The van der Waals surface area contributed by atoms with E-state index in [0.717, 1.165) is 22.1 Å². The Labute approximate surface area is 116 Å². The molecule has 1 heterocycles. The van der Waals surface area contributed by atoms with Crippen LogP contribution in [0.2, 0.25) is 5.02 Å². The van der Waals surface area contributed by atoms with E-state index in [1.54, 1.807) is 0 Å². The van der Waals surface area contributed by atoms with Crippen LogP contribution in [0.4, 0.5) is 0 Å². The van der Waals surface area contributed by atoms with Crippen LogP contribution in [0.3, 0.4) is 0 Å². The highest BCUT2D eigenvalue weighted by Crippen LogP contribution is 2.31. The first-order chi connectivity index (χ1) is 9.29. The molecule has 2 N–H and O–H groups in total. The molecule has 0 aliphatic carbocycles. The summed E-state index contributed by atoms with van der Waals surface area (Å²) < 4.78 is 0. The number of hydrogen-bond acceptors (Lipinski definition) is 2. The van der Waals surface area contributed by atoms with Crippen LogP contribution in [-0.2, 0) is 6.54 Å². The summed E-state index contributed by atoms with van der Waals surface area (Å²) >= 11 is 6.03. The quantitative estimate of drug-likeness (QED) is 0.763. The molecule has 0 radical (unpaired) electrons. The highest BCUT2D eigenvalue weighted by Gasteiger charge is 2.08. The van der Waals surface area contributed by atoms with E-state index >= 15 is 0 Å². The zero-order valence-electron chi connectivity index (χ0n) is 10.3. The number of rotatable bonds is 2. The second-order valence-corrected chi connectivity index (χ2v) is 4.85. The number of halogens is 1. The lowest BCUT2D eigenvalue weighted by molar-refractivity contribution is 1.07. The third-order valence-electron chi connectivity index (χ3n) is 3.25. The van der Waals surface area contributed by atoms with E-state index in [-0.39, 0.29) is 0 Å². The van der Waals surface area contributed by atoms with Gasteiger partial charge in [-0.1, -0.05) is 41.9 Å². The number of benzene rings is 2. The summed E-state index contributed by atoms with van der Waals surface area (Å²) in [5.74, 6) is 0. The zero-order valence-corrected chi connectivity index (χ0v) is 11.1. The maximum atomic E-state index is 6.03. The fraction of sp³-hybridized carbons (Fsp3) is 0.0625. The average Bonchev–Trinajstić information content (AvgIpc) is 2.46. The number of nitrogens with zero attached hydrogens (tertiary/aromatic N) is 1. The molecule has 1 aromatic heterocycles. The third kappa shape index (κ3) is 2.21. The predicted molar refractivity (Wildman–Crippen MR) is 80.1 cm³/mol. The maximum Gasteiger partial charge on any atom is 0.0409 e. The topological polar surface area (TPSA) is 38.9 Å². The van der Waals surface area contributed by atoms with Gasteiger partial charge < -0.3 is 5.73 Å². The van der Waals surface area contributed by atoms with Gasteiger partial charge in [0.15, 0.2) is 0 Å². The van der Waals surface area contributed by atoms with E-state index in [1.807, 2.05) is 42.7 Å². The molecule has 3 aromatic rings. The molecule has 0 fully saturated rings. The molecule has 0 aliphatic heterocycles. The first-order valence-corrected chi connectivity index (χ1v) is 6.49. The molecule has 94 valence electrons. The second-order valence-electron chi connectivity index (χ2n) is 4.41. The normalized spacial score (nSPS) is 10.8. The van der Waals surface area contributed by atoms with E-state index in [1.165, 1.54) is 5.39 Å². The molecule has 0 saturated carbocycles. The number of pyridine rings is 1. The van der Waals surface area contributed by atoms with Crippen molar-refractivity contribution in [3.63, 3.8) is 0 Å². The minimum absolute atomic E-state index is 0.457. The molecule has 3 rings (SSSR count). The first kappa shape index (κ1) is 12.2. The van der Waals surface area contributed by atoms with Crippen molar-refractivity contribution in [3.05, 3.63) is 65.4 Å². The van der Waals surface area contributed by atoms with Crippen molar-refractivity contribution in [2.24, 2.45) is 5.73 Å². The summed E-state index contributed by atoms with van der Waals surface area (Å²) in [6.07, 6.45) is 3.75. The SMILES string of the molecule is NCc1cc(Cl)ccc1-c1cncc2ccccc12. The van der Waals surface area contributed by atoms with Crippen molar-refractivity contribution in [2.45, 2.75) is 6.54 Å². The van der Waals surface area contributed by atoms with Crippen LogP contribution >= 0.6 is 11.6 Å². The van der Waals surface area contributed by atoms with E-state index in [4.69, 9.17) is 17.3 Å². The van der Waals surface area contributed by atoms with Gasteiger partial charge in [0.1, 0.15) is 0 Å². The third-order valence-corrected chi connectivity index (χ3v) is 3.48. The molecule has 0 bridgehead atoms. The maximum absolute atomic E-state index is 6.03. The molecule has 19 heavy (non-hydrogen) atoms. The van der Waals surface area contributed by atoms with E-state index in [0.29, 0.717) is 11.6 Å². The molecule has 0 atom stereocenters. The molecular formula is C16H13ClN2. The van der Waals surface area contributed by atoms with Gasteiger partial charge in [-0.2, -0.15) is 0 Å². The monoisotopic (exact) mass is 268 g/mol. The Bertz CT molecular complexity index is 732. The minimum Gasteiger partial charge on any atom is -0.326 e. The average molecular weight is 269 g/mol. The van der Waals surface area contributed by atoms with Crippen LogP contribution in [0.15, 0.2) is 54.9 Å². The lowest BCUT2D eigenvalue weighted by atomic mass is 9.97. The minimum atomic E-state index is 0.457. The molecule has 2 aromatic carbocycles. The first-order valence-electron chi connectivity index (χ1n) is 6.11. The molecular weight excluding hydrogens is 256 g/mol. The smallest absolute Gasteiger partial charge is 0.0409 e. The van der Waals surface area contributed by atoms with Crippen LogP contribution in [0.5, 0.6) is 0 Å². The highest BCUT2D eigenvalue weighted by molar-refractivity contribution is 6.30. The van der Waals surface area contributed by atoms with E-state index < -0.39 is 0 Å². The molecule has 0 unspecified atom stereocenters. The van der Waals surface area contributed by atoms with Crippen molar-refractivity contribution in [1.29, 1.82) is 0 Å². The summed E-state index contributed by atoms with van der Waals surface area (Å²) in [6, 6.07) is 14.0. The zero-order chi connectivity index (χ0) is 13.2. The Hall–Kier alpha value is -1.90. The largest absolute Gasteiger partial charge is 0.326 e.